The van der Waals surface area contributed by atoms with Gasteiger partial charge in [-0.15, -0.1) is 10.2 Å². The summed E-state index contributed by atoms with van der Waals surface area (Å²) in [5.74, 6) is 2.12. The van der Waals surface area contributed by atoms with Gasteiger partial charge in [-0.1, -0.05) is 13.3 Å². The number of hydrogen-bond acceptors (Lipinski definition) is 6. The molecule has 1 atom stereocenters. The predicted molar refractivity (Wildman–Crippen MR) is 114 cm³/mol. The fourth-order valence-electron chi connectivity index (χ4n) is 3.14. The highest BCUT2D eigenvalue weighted by atomic mass is 16.5. The highest BCUT2D eigenvalue weighted by Crippen LogP contribution is 2.33. The van der Waals surface area contributed by atoms with Crippen LogP contribution in [0.3, 0.4) is 0 Å². The number of benzene rings is 1. The van der Waals surface area contributed by atoms with Crippen molar-refractivity contribution in [3.05, 3.63) is 34.2 Å². The fraction of sp³-hybridized carbons (Fsp3) is 0.545. The first-order valence-electron chi connectivity index (χ1n) is 10.6. The number of nitrogens with one attached hydrogen (secondary N) is 2. The summed E-state index contributed by atoms with van der Waals surface area (Å²) in [6.07, 6.45) is 4.99. The number of hydrogen-bond donors (Lipinski definition) is 2. The highest BCUT2D eigenvalue weighted by molar-refractivity contribution is 5.76. The molecule has 1 aliphatic rings. The Morgan fingerprint density at radius 3 is 2.73 bits per heavy atom. The molecule has 1 aromatic heterocycles. The van der Waals surface area contributed by atoms with E-state index in [1.54, 1.807) is 13.2 Å². The van der Waals surface area contributed by atoms with Gasteiger partial charge in [0.2, 0.25) is 5.91 Å². The molecular formula is C22H30N4O4. The van der Waals surface area contributed by atoms with Crippen LogP contribution in [-0.2, 0) is 11.2 Å². The molecule has 1 aromatic carbocycles. The summed E-state index contributed by atoms with van der Waals surface area (Å²) in [4.78, 5) is 27.1. The van der Waals surface area contributed by atoms with Gasteiger partial charge >= 0.3 is 0 Å². The Bertz CT molecular complexity index is 924. The average molecular weight is 415 g/mol. The number of aryl methyl sites for hydroxylation is 1. The lowest BCUT2D eigenvalue weighted by atomic mass is 9.86. The number of H-pyrrole nitrogens is 1. The zero-order valence-electron chi connectivity index (χ0n) is 17.9. The van der Waals surface area contributed by atoms with Crippen molar-refractivity contribution in [3.63, 3.8) is 0 Å². The first-order chi connectivity index (χ1) is 14.5. The van der Waals surface area contributed by atoms with Crippen LogP contribution < -0.4 is 20.3 Å². The van der Waals surface area contributed by atoms with Crippen LogP contribution >= 0.6 is 0 Å². The van der Waals surface area contributed by atoms with Gasteiger partial charge < -0.3 is 19.8 Å². The number of aromatic amines is 1. The molecule has 30 heavy (non-hydrogen) atoms. The summed E-state index contributed by atoms with van der Waals surface area (Å²) >= 11 is 0. The van der Waals surface area contributed by atoms with E-state index in [9.17, 15) is 9.59 Å². The minimum Gasteiger partial charge on any atom is -0.493 e. The quantitative estimate of drug-likeness (QED) is 0.619. The summed E-state index contributed by atoms with van der Waals surface area (Å²) in [7, 11) is 1.58. The SMILES string of the molecule is CCC(C)NC(=O)CCc1nnc(-c2ccc(OCC3CCC3)c(OC)c2)[nH]c1=O. The molecule has 1 aliphatic carbocycles. The zero-order valence-corrected chi connectivity index (χ0v) is 17.9. The van der Waals surface area contributed by atoms with Crippen LogP contribution in [0.1, 0.15) is 51.6 Å². The van der Waals surface area contributed by atoms with Gasteiger partial charge in [-0.2, -0.15) is 0 Å². The number of carbonyl (C=O) groups excluding carboxylic acids is 1. The van der Waals surface area contributed by atoms with Crippen molar-refractivity contribution in [2.75, 3.05) is 13.7 Å². The van der Waals surface area contributed by atoms with Crippen LogP contribution in [0.15, 0.2) is 23.0 Å². The summed E-state index contributed by atoms with van der Waals surface area (Å²) in [5.41, 5.74) is 0.569. The minimum atomic E-state index is -0.347. The Balaban J connectivity index is 1.66. The Hall–Kier alpha value is -2.90. The summed E-state index contributed by atoms with van der Waals surface area (Å²) in [5, 5.41) is 11.0. The van der Waals surface area contributed by atoms with Gasteiger partial charge in [0.05, 0.1) is 13.7 Å². The van der Waals surface area contributed by atoms with Crippen LogP contribution in [0.25, 0.3) is 11.4 Å². The van der Waals surface area contributed by atoms with Crippen molar-refractivity contribution in [2.24, 2.45) is 5.92 Å². The van der Waals surface area contributed by atoms with E-state index in [1.165, 1.54) is 19.3 Å². The molecule has 3 rings (SSSR count). The second kappa shape index (κ2) is 10.2. The Kier molecular flexibility index (Phi) is 7.43. The molecule has 2 aromatic rings. The van der Waals surface area contributed by atoms with Gasteiger partial charge in [-0.25, -0.2) is 0 Å². The van der Waals surface area contributed by atoms with Gasteiger partial charge in [0.15, 0.2) is 17.3 Å². The minimum absolute atomic E-state index is 0.100. The van der Waals surface area contributed by atoms with Gasteiger partial charge in [-0.05, 0) is 50.3 Å². The molecule has 2 N–H and O–H groups in total. The third-order valence-electron chi connectivity index (χ3n) is 5.51. The maximum atomic E-state index is 12.4. The van der Waals surface area contributed by atoms with Crippen molar-refractivity contribution in [2.45, 2.75) is 58.4 Å². The third kappa shape index (κ3) is 5.58. The monoisotopic (exact) mass is 414 g/mol. The van der Waals surface area contributed by atoms with E-state index in [-0.39, 0.29) is 36.0 Å². The van der Waals surface area contributed by atoms with Crippen LogP contribution in [0.2, 0.25) is 0 Å². The van der Waals surface area contributed by atoms with E-state index < -0.39 is 0 Å². The fourth-order valence-corrected chi connectivity index (χ4v) is 3.14. The van der Waals surface area contributed by atoms with E-state index in [0.717, 1.165) is 6.42 Å². The van der Waals surface area contributed by atoms with Crippen LogP contribution in [0.4, 0.5) is 0 Å². The molecule has 0 aliphatic heterocycles. The molecule has 0 bridgehead atoms. The standard InChI is InChI=1S/C22H30N4O4/c1-4-14(2)23-20(27)11-9-17-22(28)24-21(26-25-17)16-8-10-18(19(12-16)29-3)30-13-15-6-5-7-15/h8,10,12,14-15H,4-7,9,11,13H2,1-3H3,(H,23,27)(H,24,26,28). The number of methoxy groups -OCH3 is 1. The first kappa shape index (κ1) is 21.8. The Morgan fingerprint density at radius 2 is 2.10 bits per heavy atom. The molecule has 1 saturated carbocycles. The number of nitrogens with zero attached hydrogens (tertiary/aromatic N) is 2. The molecule has 1 fully saturated rings. The number of carbonyl (C=O) groups is 1. The number of ether oxygens (including phenoxy) is 2. The summed E-state index contributed by atoms with van der Waals surface area (Å²) in [6, 6.07) is 5.52. The molecule has 0 spiro atoms. The lowest BCUT2D eigenvalue weighted by Crippen LogP contribution is -2.32. The molecule has 1 heterocycles. The van der Waals surface area contributed by atoms with Crippen molar-refractivity contribution in [1.29, 1.82) is 0 Å². The number of amides is 1. The third-order valence-corrected chi connectivity index (χ3v) is 5.51. The predicted octanol–water partition coefficient (Wildman–Crippen LogP) is 2.87. The second-order valence-electron chi connectivity index (χ2n) is 7.80. The molecule has 0 radical (unpaired) electrons. The maximum absolute atomic E-state index is 12.4. The van der Waals surface area contributed by atoms with E-state index in [4.69, 9.17) is 9.47 Å². The van der Waals surface area contributed by atoms with E-state index >= 15 is 0 Å². The van der Waals surface area contributed by atoms with Crippen LogP contribution in [0.5, 0.6) is 11.5 Å². The molecule has 8 heteroatoms. The number of rotatable bonds is 10. The van der Waals surface area contributed by atoms with Crippen molar-refractivity contribution < 1.29 is 14.3 Å². The van der Waals surface area contributed by atoms with Crippen LogP contribution in [0, 0.1) is 5.92 Å². The van der Waals surface area contributed by atoms with Gasteiger partial charge in [0, 0.05) is 24.4 Å². The van der Waals surface area contributed by atoms with E-state index in [0.29, 0.717) is 35.4 Å². The Labute approximate surface area is 176 Å². The lowest BCUT2D eigenvalue weighted by Gasteiger charge is -2.25. The van der Waals surface area contributed by atoms with E-state index in [1.807, 2.05) is 26.0 Å². The van der Waals surface area contributed by atoms with Crippen molar-refractivity contribution in [1.82, 2.24) is 20.5 Å². The van der Waals surface area contributed by atoms with Gasteiger partial charge in [-0.3, -0.25) is 9.59 Å². The maximum Gasteiger partial charge on any atom is 0.273 e. The second-order valence-corrected chi connectivity index (χ2v) is 7.80. The summed E-state index contributed by atoms with van der Waals surface area (Å²) in [6.45, 7) is 4.63. The van der Waals surface area contributed by atoms with Crippen molar-refractivity contribution >= 4 is 5.91 Å². The zero-order chi connectivity index (χ0) is 21.5. The molecule has 0 saturated heterocycles. The molecular weight excluding hydrogens is 384 g/mol. The lowest BCUT2D eigenvalue weighted by molar-refractivity contribution is -0.121. The van der Waals surface area contributed by atoms with Gasteiger partial charge in [0.25, 0.3) is 5.56 Å². The van der Waals surface area contributed by atoms with Gasteiger partial charge in [0.1, 0.15) is 5.69 Å². The average Bonchev–Trinajstić information content (AvgIpc) is 2.71. The molecule has 1 unspecified atom stereocenters. The topological polar surface area (TPSA) is 106 Å². The smallest absolute Gasteiger partial charge is 0.273 e. The van der Waals surface area contributed by atoms with Crippen LogP contribution in [-0.4, -0.2) is 40.8 Å². The molecule has 8 nitrogen and oxygen atoms in total. The number of aromatic nitrogens is 3. The van der Waals surface area contributed by atoms with E-state index in [2.05, 4.69) is 20.5 Å². The summed E-state index contributed by atoms with van der Waals surface area (Å²) < 4.78 is 11.3. The molecule has 162 valence electrons. The highest BCUT2D eigenvalue weighted by Gasteiger charge is 2.19. The first-order valence-corrected chi connectivity index (χ1v) is 10.6. The largest absolute Gasteiger partial charge is 0.493 e. The molecule has 1 amide bonds. The normalized spacial score (nSPS) is 14.6. The van der Waals surface area contributed by atoms with Crippen molar-refractivity contribution in [3.8, 4) is 22.9 Å². The Morgan fingerprint density at radius 1 is 1.30 bits per heavy atom.